The molecule has 3 atom stereocenters. The fraction of sp³-hybridized carbons (Fsp3) is 0.429. The largest absolute Gasteiger partial charge is 0.481 e. The van der Waals surface area contributed by atoms with Gasteiger partial charge in [0.2, 0.25) is 5.91 Å². The summed E-state index contributed by atoms with van der Waals surface area (Å²) in [6, 6.07) is -2.93. The lowest BCUT2D eigenvalue weighted by molar-refractivity contribution is -0.154. The number of aliphatic carboxylic acids is 1. The van der Waals surface area contributed by atoms with Gasteiger partial charge in [-0.2, -0.15) is 5.10 Å². The van der Waals surface area contributed by atoms with Gasteiger partial charge in [-0.05, 0) is 26.8 Å². The molecule has 1 aromatic carbocycles. The second-order valence-corrected chi connectivity index (χ2v) is 12.1. The highest BCUT2D eigenvalue weighted by atomic mass is 32.1. The van der Waals surface area contributed by atoms with Crippen LogP contribution in [-0.4, -0.2) is 87.6 Å². The summed E-state index contributed by atoms with van der Waals surface area (Å²) < 4.78 is 79.6. The molecule has 240 valence electrons. The molecule has 1 fully saturated rings. The lowest BCUT2D eigenvalue weighted by Crippen LogP contribution is -2.49. The number of carboxylic acids is 1. The molecule has 1 amide bonds. The van der Waals surface area contributed by atoms with Crippen LogP contribution in [0.25, 0.3) is 0 Å². The van der Waals surface area contributed by atoms with E-state index >= 15 is 13.2 Å². The van der Waals surface area contributed by atoms with Gasteiger partial charge in [-0.3, -0.25) is 19.5 Å². The summed E-state index contributed by atoms with van der Waals surface area (Å²) in [6.07, 6.45) is 1.99. The summed E-state index contributed by atoms with van der Waals surface area (Å²) in [6.45, 7) is 2.62. The Morgan fingerprint density at radius 1 is 1.20 bits per heavy atom. The number of carbonyl (C=O) groups excluding carboxylic acids is 2. The summed E-state index contributed by atoms with van der Waals surface area (Å²) in [5.74, 6) is -11.6. The number of fused-ring (bicyclic) bond motifs is 1. The maximum atomic E-state index is 15.5. The van der Waals surface area contributed by atoms with Gasteiger partial charge in [-0.1, -0.05) is 6.07 Å². The van der Waals surface area contributed by atoms with E-state index in [1.165, 1.54) is 31.9 Å². The van der Waals surface area contributed by atoms with E-state index in [9.17, 15) is 28.3 Å². The van der Waals surface area contributed by atoms with E-state index in [-0.39, 0.29) is 28.7 Å². The Morgan fingerprint density at radius 3 is 2.58 bits per heavy atom. The molecule has 4 heterocycles. The maximum absolute atomic E-state index is 15.5. The fourth-order valence-electron chi connectivity index (χ4n) is 5.34. The summed E-state index contributed by atoms with van der Waals surface area (Å²) in [5, 5.41) is 18.7. The third-order valence-corrected chi connectivity index (χ3v) is 8.38. The van der Waals surface area contributed by atoms with Crippen LogP contribution in [-0.2, 0) is 19.1 Å². The smallest absolute Gasteiger partial charge is 0.338 e. The zero-order valence-electron chi connectivity index (χ0n) is 24.1. The zero-order valence-corrected chi connectivity index (χ0v) is 24.9. The lowest BCUT2D eigenvalue weighted by atomic mass is 9.89. The average molecular weight is 655 g/mol. The Hall–Kier alpha value is -4.25. The van der Waals surface area contributed by atoms with E-state index in [0.29, 0.717) is 11.1 Å². The first-order valence-corrected chi connectivity index (χ1v) is 14.5. The number of nitrogens with zero attached hydrogens (tertiary/aromatic N) is 5. The quantitative estimate of drug-likeness (QED) is 0.238. The standard InChI is InChI=1S/C28H27F5N6O5S/c1-4-44-25(41)18-15(36-23(24-34-7-8-45-24)37-21(18)13-5-6-14(29)20(31)19(13)30)11-38-12-28(32,33)22-16(38)10-35-39(22)17(40)9-27(2,3)26(42)43/h5-8,10,16,21-22H,4,9,11-12H2,1-3H3,(H,36,37)(H,42,43). The van der Waals surface area contributed by atoms with E-state index in [4.69, 9.17) is 4.74 Å². The number of hydrogen-bond acceptors (Lipinski definition) is 10. The number of esters is 1. The van der Waals surface area contributed by atoms with Crippen LogP contribution in [0.2, 0.25) is 0 Å². The highest BCUT2D eigenvalue weighted by Crippen LogP contribution is 2.41. The van der Waals surface area contributed by atoms with Crippen molar-refractivity contribution < 1.29 is 46.2 Å². The number of hydrogen-bond donors (Lipinski definition) is 2. The average Bonchev–Trinajstić information content (AvgIpc) is 3.70. The van der Waals surface area contributed by atoms with Gasteiger partial charge in [-0.15, -0.1) is 11.3 Å². The van der Waals surface area contributed by atoms with Gasteiger partial charge < -0.3 is 15.2 Å². The molecule has 3 aliphatic rings. The Kier molecular flexibility index (Phi) is 8.52. The van der Waals surface area contributed by atoms with Crippen molar-refractivity contribution in [3.8, 4) is 0 Å². The van der Waals surface area contributed by atoms with Gasteiger partial charge in [0, 0.05) is 42.0 Å². The second kappa shape index (κ2) is 11.9. The zero-order chi connectivity index (χ0) is 32.8. The van der Waals surface area contributed by atoms with Gasteiger partial charge >= 0.3 is 11.9 Å². The Bertz CT molecular complexity index is 1630. The van der Waals surface area contributed by atoms with Gasteiger partial charge in [0.15, 0.2) is 28.3 Å². The molecule has 0 bridgehead atoms. The number of hydrazone groups is 1. The fourth-order valence-corrected chi connectivity index (χ4v) is 5.93. The van der Waals surface area contributed by atoms with Gasteiger partial charge in [0.1, 0.15) is 12.1 Å². The summed E-state index contributed by atoms with van der Waals surface area (Å²) in [5.41, 5.74) is -2.43. The number of likely N-dealkylation sites (tertiary alicyclic amines) is 1. The van der Waals surface area contributed by atoms with Crippen molar-refractivity contribution >= 4 is 41.2 Å². The third-order valence-electron chi connectivity index (χ3n) is 7.60. The van der Waals surface area contributed by atoms with Crippen molar-refractivity contribution in [2.24, 2.45) is 15.5 Å². The molecule has 0 aliphatic carbocycles. The van der Waals surface area contributed by atoms with Crippen molar-refractivity contribution in [3.05, 3.63) is 63.0 Å². The first kappa shape index (κ1) is 32.2. The van der Waals surface area contributed by atoms with Crippen LogP contribution in [0.4, 0.5) is 22.0 Å². The van der Waals surface area contributed by atoms with Crippen LogP contribution in [0.15, 0.2) is 45.1 Å². The molecule has 3 unspecified atom stereocenters. The van der Waals surface area contributed by atoms with E-state index < -0.39 is 89.8 Å². The number of amidine groups is 1. The van der Waals surface area contributed by atoms with Crippen LogP contribution in [0.1, 0.15) is 43.8 Å². The topological polar surface area (TPSA) is 137 Å². The Labute approximate surface area is 257 Å². The number of rotatable bonds is 9. The lowest BCUT2D eigenvalue weighted by Gasteiger charge is -2.30. The highest BCUT2D eigenvalue weighted by Gasteiger charge is 2.60. The molecule has 5 rings (SSSR count). The molecule has 0 saturated carbocycles. The molecule has 2 aromatic rings. The highest BCUT2D eigenvalue weighted by molar-refractivity contribution is 7.11. The maximum Gasteiger partial charge on any atom is 0.338 e. The number of carboxylic acid groups (broad SMARTS) is 1. The molecule has 11 nitrogen and oxygen atoms in total. The molecule has 17 heteroatoms. The van der Waals surface area contributed by atoms with Crippen molar-refractivity contribution in [1.29, 1.82) is 0 Å². The van der Waals surface area contributed by atoms with E-state index in [2.05, 4.69) is 20.4 Å². The minimum Gasteiger partial charge on any atom is -0.481 e. The number of aliphatic imine (C=N–C) groups is 1. The first-order valence-electron chi connectivity index (χ1n) is 13.7. The van der Waals surface area contributed by atoms with Crippen molar-refractivity contribution in [1.82, 2.24) is 20.2 Å². The molecule has 0 radical (unpaired) electrons. The number of ether oxygens (including phenoxy) is 1. The van der Waals surface area contributed by atoms with Crippen molar-refractivity contribution in [2.45, 2.75) is 51.2 Å². The van der Waals surface area contributed by atoms with Crippen molar-refractivity contribution in [3.63, 3.8) is 0 Å². The van der Waals surface area contributed by atoms with E-state index in [1.807, 2.05) is 0 Å². The minimum absolute atomic E-state index is 0.0116. The predicted molar refractivity (Wildman–Crippen MR) is 150 cm³/mol. The number of carbonyl (C=O) groups is 3. The molecular formula is C28H27F5N6O5S. The number of aromatic nitrogens is 1. The van der Waals surface area contributed by atoms with Gasteiger partial charge in [0.25, 0.3) is 5.92 Å². The Morgan fingerprint density at radius 2 is 1.93 bits per heavy atom. The molecule has 1 saturated heterocycles. The van der Waals surface area contributed by atoms with Crippen LogP contribution >= 0.6 is 11.3 Å². The predicted octanol–water partition coefficient (Wildman–Crippen LogP) is 3.49. The Balaban J connectivity index is 1.54. The first-order chi connectivity index (χ1) is 21.2. The van der Waals surface area contributed by atoms with Gasteiger partial charge in [0.05, 0.1) is 30.2 Å². The van der Waals surface area contributed by atoms with E-state index in [1.54, 1.807) is 5.38 Å². The third kappa shape index (κ3) is 5.93. The second-order valence-electron chi connectivity index (χ2n) is 11.2. The van der Waals surface area contributed by atoms with Crippen LogP contribution in [0.3, 0.4) is 0 Å². The number of alkyl halides is 2. The van der Waals surface area contributed by atoms with Gasteiger partial charge in [-0.25, -0.2) is 36.7 Å². The normalized spacial score (nSPS) is 22.7. The summed E-state index contributed by atoms with van der Waals surface area (Å²) in [7, 11) is 0. The summed E-state index contributed by atoms with van der Waals surface area (Å²) >= 11 is 1.11. The number of amides is 1. The van der Waals surface area contributed by atoms with E-state index in [0.717, 1.165) is 23.6 Å². The van der Waals surface area contributed by atoms with Crippen molar-refractivity contribution in [2.75, 3.05) is 19.7 Å². The number of benzene rings is 1. The summed E-state index contributed by atoms with van der Waals surface area (Å²) in [4.78, 5) is 47.6. The molecule has 3 aliphatic heterocycles. The molecule has 2 N–H and O–H groups in total. The number of nitrogens with one attached hydrogen (secondary N) is 1. The van der Waals surface area contributed by atoms with Crippen LogP contribution in [0.5, 0.6) is 0 Å². The molecule has 0 spiro atoms. The molecular weight excluding hydrogens is 627 g/mol. The minimum atomic E-state index is -3.53. The number of halogens is 5. The van der Waals surface area contributed by atoms with Crippen LogP contribution < -0.4 is 5.32 Å². The molecule has 1 aromatic heterocycles. The number of thiazole rings is 1. The SMILES string of the molecule is CCOC(=O)C1=C(CN2CC(F)(F)C3C2C=NN3C(=O)CC(C)(C)C(=O)O)NC(c2nccs2)=NC1c1ccc(F)c(F)c1F. The monoisotopic (exact) mass is 654 g/mol. The molecule has 45 heavy (non-hydrogen) atoms. The van der Waals surface area contributed by atoms with Crippen LogP contribution in [0, 0.1) is 22.9 Å².